The highest BCUT2D eigenvalue weighted by molar-refractivity contribution is 5.83. The van der Waals surface area contributed by atoms with Crippen molar-refractivity contribution in [3.05, 3.63) is 0 Å². The van der Waals surface area contributed by atoms with E-state index in [9.17, 15) is 54.2 Å². The minimum atomic E-state index is -5.69. The predicted molar refractivity (Wildman–Crippen MR) is 110 cm³/mol. The van der Waals surface area contributed by atoms with Crippen molar-refractivity contribution in [1.82, 2.24) is 0 Å². The van der Waals surface area contributed by atoms with Crippen LogP contribution in [0, 0.1) is 35.0 Å². The van der Waals surface area contributed by atoms with Gasteiger partial charge in [-0.2, -0.15) is 39.5 Å². The number of fused-ring (bicyclic) bond motifs is 2. The lowest BCUT2D eigenvalue weighted by Crippen LogP contribution is -2.58. The quantitative estimate of drug-likeness (QED) is 0.332. The van der Waals surface area contributed by atoms with Gasteiger partial charge in [0.15, 0.2) is 5.41 Å². The molecular weight excluding hydrogens is 527 g/mol. The molecular formula is C23H31F9O5. The summed E-state index contributed by atoms with van der Waals surface area (Å²) in [5.41, 5.74) is -7.17. The van der Waals surface area contributed by atoms with Gasteiger partial charge in [-0.1, -0.05) is 20.8 Å². The molecule has 0 amide bonds. The molecule has 5 nitrogen and oxygen atoms in total. The van der Waals surface area contributed by atoms with Gasteiger partial charge in [-0.25, -0.2) is 4.79 Å². The molecule has 0 aromatic rings. The Bertz CT molecular complexity index is 822. The molecule has 1 aliphatic heterocycles. The van der Waals surface area contributed by atoms with E-state index >= 15 is 0 Å². The maximum absolute atomic E-state index is 12.7. The molecule has 7 unspecified atom stereocenters. The van der Waals surface area contributed by atoms with E-state index in [0.717, 1.165) is 6.92 Å². The Morgan fingerprint density at radius 3 is 1.86 bits per heavy atom. The third-order valence-electron chi connectivity index (χ3n) is 8.45. The maximum atomic E-state index is 12.7. The summed E-state index contributed by atoms with van der Waals surface area (Å²) in [4.78, 5) is 22.5. The number of hydrogen-bond acceptors (Lipinski definition) is 5. The zero-order valence-electron chi connectivity index (χ0n) is 20.7. The van der Waals surface area contributed by atoms with Gasteiger partial charge < -0.3 is 14.6 Å². The average Bonchev–Trinajstić information content (AvgIpc) is 3.42. The second-order valence-electron chi connectivity index (χ2n) is 10.5. The Morgan fingerprint density at radius 2 is 1.51 bits per heavy atom. The standard InChI is InChI=1S/C13H18F6O.C10H13F3O4/c1-6-7(2)10-4-8(6)3-9(10)5-11(20,12(14,15)16)13(17,18)19;1-3-9(2,10(11,12)13)8(15)17-6-4-5-16-7(6)14/h6-10,20H,3-5H2,1-2H3;6H,3-5H2,1-2H3. The van der Waals surface area contributed by atoms with Crippen molar-refractivity contribution in [3.63, 3.8) is 0 Å². The fourth-order valence-corrected chi connectivity index (χ4v) is 5.40. The largest absolute Gasteiger partial charge is 0.463 e. The number of ether oxygens (including phenoxy) is 2. The minimum absolute atomic E-state index is 0.0611. The van der Waals surface area contributed by atoms with Crippen LogP contribution in [0.25, 0.3) is 0 Å². The molecule has 3 rings (SSSR count). The summed E-state index contributed by atoms with van der Waals surface area (Å²) in [6.45, 7) is 5.93. The molecule has 1 N–H and O–H groups in total. The summed E-state index contributed by atoms with van der Waals surface area (Å²) in [6.07, 6.45) is -17.9. The van der Waals surface area contributed by atoms with Crippen LogP contribution in [0.1, 0.15) is 59.8 Å². The van der Waals surface area contributed by atoms with Crippen LogP contribution in [0.2, 0.25) is 0 Å². The van der Waals surface area contributed by atoms with Crippen molar-refractivity contribution in [2.24, 2.45) is 35.0 Å². The zero-order valence-corrected chi connectivity index (χ0v) is 20.7. The van der Waals surface area contributed by atoms with Crippen LogP contribution >= 0.6 is 0 Å². The van der Waals surface area contributed by atoms with Crippen molar-refractivity contribution >= 4 is 11.9 Å². The number of cyclic esters (lactones) is 1. The minimum Gasteiger partial charge on any atom is -0.463 e. The van der Waals surface area contributed by atoms with E-state index in [-0.39, 0.29) is 30.8 Å². The molecule has 37 heavy (non-hydrogen) atoms. The monoisotopic (exact) mass is 558 g/mol. The first-order valence-electron chi connectivity index (χ1n) is 11.9. The number of esters is 2. The highest BCUT2D eigenvalue weighted by atomic mass is 19.4. The molecule has 1 heterocycles. The molecule has 0 spiro atoms. The Hall–Kier alpha value is -1.73. The van der Waals surface area contributed by atoms with E-state index in [1.54, 1.807) is 0 Å². The van der Waals surface area contributed by atoms with Crippen molar-refractivity contribution in [3.8, 4) is 0 Å². The molecule has 2 aliphatic carbocycles. The summed E-state index contributed by atoms with van der Waals surface area (Å²) in [5.74, 6) is -2.45. The highest BCUT2D eigenvalue weighted by Crippen LogP contribution is 2.59. The zero-order chi connectivity index (χ0) is 28.8. The average molecular weight is 558 g/mol. The van der Waals surface area contributed by atoms with E-state index in [2.05, 4.69) is 9.47 Å². The van der Waals surface area contributed by atoms with Gasteiger partial charge in [0.1, 0.15) is 0 Å². The fourth-order valence-electron chi connectivity index (χ4n) is 5.40. The first-order valence-corrected chi connectivity index (χ1v) is 11.9. The fraction of sp³-hybridized carbons (Fsp3) is 0.913. The molecule has 14 heteroatoms. The molecule has 3 aliphatic rings. The van der Waals surface area contributed by atoms with Crippen molar-refractivity contribution in [1.29, 1.82) is 0 Å². The van der Waals surface area contributed by atoms with E-state index in [1.165, 1.54) is 6.92 Å². The molecule has 0 radical (unpaired) electrons. The molecule has 216 valence electrons. The number of halogens is 9. The Kier molecular flexibility index (Phi) is 8.89. The smallest absolute Gasteiger partial charge is 0.426 e. The lowest BCUT2D eigenvalue weighted by atomic mass is 9.72. The second kappa shape index (κ2) is 10.4. The third-order valence-corrected chi connectivity index (χ3v) is 8.45. The molecule has 2 saturated carbocycles. The topological polar surface area (TPSA) is 72.8 Å². The number of carbonyl (C=O) groups is 2. The van der Waals surface area contributed by atoms with E-state index < -0.39 is 66.3 Å². The molecule has 0 aromatic carbocycles. The molecule has 7 atom stereocenters. The lowest BCUT2D eigenvalue weighted by Gasteiger charge is -2.39. The van der Waals surface area contributed by atoms with Gasteiger partial charge in [0.2, 0.25) is 6.10 Å². The van der Waals surface area contributed by atoms with Gasteiger partial charge in [-0.05, 0) is 62.2 Å². The van der Waals surface area contributed by atoms with Crippen LogP contribution in [0.3, 0.4) is 0 Å². The van der Waals surface area contributed by atoms with E-state index in [1.807, 2.05) is 13.8 Å². The Morgan fingerprint density at radius 1 is 0.973 bits per heavy atom. The van der Waals surface area contributed by atoms with E-state index in [4.69, 9.17) is 0 Å². The number of alkyl halides is 9. The predicted octanol–water partition coefficient (Wildman–Crippen LogP) is 5.98. The van der Waals surface area contributed by atoms with Crippen molar-refractivity contribution < 1.29 is 63.7 Å². The van der Waals surface area contributed by atoms with Crippen LogP contribution in [0.5, 0.6) is 0 Å². The summed E-state index contributed by atoms with van der Waals surface area (Å²) in [6, 6.07) is 0. The number of hydrogen-bond donors (Lipinski definition) is 1. The Labute approximate surface area is 208 Å². The van der Waals surface area contributed by atoms with Crippen LogP contribution in [0.15, 0.2) is 0 Å². The normalized spacial score (nSPS) is 31.9. The van der Waals surface area contributed by atoms with Gasteiger partial charge in [0, 0.05) is 6.42 Å². The summed E-state index contributed by atoms with van der Waals surface area (Å²) in [7, 11) is 0. The first-order chi connectivity index (χ1) is 16.6. The molecule has 3 fully saturated rings. The maximum Gasteiger partial charge on any atom is 0.426 e. The summed E-state index contributed by atoms with van der Waals surface area (Å²) >= 11 is 0. The van der Waals surface area contributed by atoms with Crippen molar-refractivity contribution in [2.75, 3.05) is 6.61 Å². The summed E-state index contributed by atoms with van der Waals surface area (Å²) < 4.78 is 123. The number of rotatable bonds is 5. The van der Waals surface area contributed by atoms with Crippen LogP contribution < -0.4 is 0 Å². The van der Waals surface area contributed by atoms with Gasteiger partial charge in [0.25, 0.3) is 5.60 Å². The highest BCUT2D eigenvalue weighted by Gasteiger charge is 2.71. The number of carbonyl (C=O) groups excluding carboxylic acids is 2. The second-order valence-corrected chi connectivity index (χ2v) is 10.5. The summed E-state index contributed by atoms with van der Waals surface area (Å²) in [5, 5.41) is 9.28. The van der Waals surface area contributed by atoms with E-state index in [0.29, 0.717) is 18.8 Å². The van der Waals surface area contributed by atoms with Gasteiger partial charge >= 0.3 is 30.5 Å². The third kappa shape index (κ3) is 5.98. The molecule has 2 bridgehead atoms. The Balaban J connectivity index is 0.000000264. The van der Waals surface area contributed by atoms with Gasteiger partial charge in [0.05, 0.1) is 6.61 Å². The van der Waals surface area contributed by atoms with Crippen LogP contribution in [0.4, 0.5) is 39.5 Å². The molecule has 1 saturated heterocycles. The van der Waals surface area contributed by atoms with Gasteiger partial charge in [-0.3, -0.25) is 4.79 Å². The molecule has 0 aromatic heterocycles. The lowest BCUT2D eigenvalue weighted by molar-refractivity contribution is -0.373. The van der Waals surface area contributed by atoms with Crippen LogP contribution in [-0.2, 0) is 19.1 Å². The number of aliphatic hydroxyl groups is 1. The van der Waals surface area contributed by atoms with Crippen LogP contribution in [-0.4, -0.2) is 53.9 Å². The van der Waals surface area contributed by atoms with Crippen molar-refractivity contribution in [2.45, 2.75) is 90.0 Å². The first kappa shape index (κ1) is 31.5. The SMILES string of the molecule is CC1C2CC(CC(O)(C(F)(F)F)C(F)(F)F)C(C2)C1C.CCC(C)(C(=O)OC1CCOC1=O)C(F)(F)F. The van der Waals surface area contributed by atoms with Gasteiger partial charge in [-0.15, -0.1) is 0 Å².